The van der Waals surface area contributed by atoms with Crippen molar-refractivity contribution in [3.05, 3.63) is 29.6 Å². The highest BCUT2D eigenvalue weighted by Crippen LogP contribution is 2.29. The molecule has 0 aromatic heterocycles. The molecule has 2 unspecified atom stereocenters. The average molecular weight is 263 g/mol. The number of nitrogens with zero attached hydrogens (tertiary/aromatic N) is 2. The maximum Gasteiger partial charge on any atom is 0.146 e. The molecule has 0 saturated carbocycles. The summed E-state index contributed by atoms with van der Waals surface area (Å²) in [6.45, 7) is 7.04. The van der Waals surface area contributed by atoms with E-state index in [-0.39, 0.29) is 17.8 Å². The summed E-state index contributed by atoms with van der Waals surface area (Å²) in [5.74, 6) is -0.358. The van der Waals surface area contributed by atoms with Gasteiger partial charge in [-0.05, 0) is 39.4 Å². The van der Waals surface area contributed by atoms with Crippen molar-refractivity contribution in [3.8, 4) is 6.07 Å². The van der Waals surface area contributed by atoms with Gasteiger partial charge in [0.2, 0.25) is 0 Å². The Labute approximate surface area is 115 Å². The lowest BCUT2D eigenvalue weighted by Gasteiger charge is -2.29. The Hall–Kier alpha value is -1.60. The number of benzene rings is 1. The van der Waals surface area contributed by atoms with Crippen LogP contribution in [0.25, 0.3) is 0 Å². The average Bonchev–Trinajstić information content (AvgIpc) is 2.43. The van der Waals surface area contributed by atoms with Crippen molar-refractivity contribution in [2.75, 3.05) is 25.0 Å². The molecule has 19 heavy (non-hydrogen) atoms. The molecule has 0 amide bonds. The van der Waals surface area contributed by atoms with E-state index in [0.29, 0.717) is 18.8 Å². The summed E-state index contributed by atoms with van der Waals surface area (Å²) in [6, 6.07) is 7.40. The number of hydrogen-bond donors (Lipinski definition) is 1. The van der Waals surface area contributed by atoms with E-state index in [9.17, 15) is 4.39 Å². The molecule has 0 radical (unpaired) electrons. The Balaban J connectivity index is 3.18. The van der Waals surface area contributed by atoms with Gasteiger partial charge in [-0.2, -0.15) is 5.26 Å². The van der Waals surface area contributed by atoms with Gasteiger partial charge in [0.1, 0.15) is 5.82 Å². The fraction of sp³-hybridized carbons (Fsp3) is 0.533. The largest absolute Gasteiger partial charge is 0.368 e. The molecule has 0 bridgehead atoms. The quantitative estimate of drug-likeness (QED) is 0.857. The van der Waals surface area contributed by atoms with E-state index in [4.69, 9.17) is 5.26 Å². The third-order valence-electron chi connectivity index (χ3n) is 3.33. The van der Waals surface area contributed by atoms with Crippen molar-refractivity contribution < 1.29 is 4.39 Å². The van der Waals surface area contributed by atoms with Crippen LogP contribution in [0.3, 0.4) is 0 Å². The van der Waals surface area contributed by atoms with Gasteiger partial charge in [0.25, 0.3) is 0 Å². The predicted molar refractivity (Wildman–Crippen MR) is 76.5 cm³/mol. The van der Waals surface area contributed by atoms with Gasteiger partial charge in [0.05, 0.1) is 17.7 Å². The van der Waals surface area contributed by atoms with Crippen LogP contribution >= 0.6 is 0 Å². The van der Waals surface area contributed by atoms with Crippen molar-refractivity contribution in [2.24, 2.45) is 5.92 Å². The van der Waals surface area contributed by atoms with Crippen molar-refractivity contribution >= 4 is 5.69 Å². The second-order valence-electron chi connectivity index (χ2n) is 4.76. The number of nitriles is 1. The molecule has 1 N–H and O–H groups in total. The van der Waals surface area contributed by atoms with Gasteiger partial charge >= 0.3 is 0 Å². The first-order valence-electron chi connectivity index (χ1n) is 6.65. The van der Waals surface area contributed by atoms with Crippen LogP contribution in [0.5, 0.6) is 0 Å². The van der Waals surface area contributed by atoms with Gasteiger partial charge in [-0.15, -0.1) is 0 Å². The molecule has 2 atom stereocenters. The Morgan fingerprint density at radius 2 is 2.11 bits per heavy atom. The van der Waals surface area contributed by atoms with E-state index in [0.717, 1.165) is 5.56 Å². The molecule has 4 heteroatoms. The summed E-state index contributed by atoms with van der Waals surface area (Å²) in [4.78, 5) is 1.94. The molecule has 0 fully saturated rings. The van der Waals surface area contributed by atoms with Gasteiger partial charge in [0.15, 0.2) is 0 Å². The highest BCUT2D eigenvalue weighted by Gasteiger charge is 2.19. The van der Waals surface area contributed by atoms with Crippen molar-refractivity contribution in [1.82, 2.24) is 5.32 Å². The van der Waals surface area contributed by atoms with Crippen LogP contribution in [-0.4, -0.2) is 20.1 Å². The van der Waals surface area contributed by atoms with Crippen LogP contribution in [0.1, 0.15) is 32.4 Å². The van der Waals surface area contributed by atoms with Gasteiger partial charge in [-0.25, -0.2) is 4.39 Å². The molecule has 0 spiro atoms. The van der Waals surface area contributed by atoms with Crippen LogP contribution in [0.15, 0.2) is 18.2 Å². The second-order valence-corrected chi connectivity index (χ2v) is 4.76. The van der Waals surface area contributed by atoms with E-state index in [1.165, 1.54) is 6.07 Å². The summed E-state index contributed by atoms with van der Waals surface area (Å²) >= 11 is 0. The molecule has 1 aromatic carbocycles. The van der Waals surface area contributed by atoms with E-state index >= 15 is 0 Å². The lowest BCUT2D eigenvalue weighted by Crippen LogP contribution is -2.30. The van der Waals surface area contributed by atoms with E-state index in [2.05, 4.69) is 11.4 Å². The fourth-order valence-corrected chi connectivity index (χ4v) is 2.12. The molecule has 0 aliphatic rings. The van der Waals surface area contributed by atoms with Crippen LogP contribution in [0.4, 0.5) is 10.1 Å². The Bertz CT molecular complexity index is 453. The summed E-state index contributed by atoms with van der Waals surface area (Å²) in [5, 5.41) is 12.1. The monoisotopic (exact) mass is 263 g/mol. The zero-order valence-electron chi connectivity index (χ0n) is 12.1. The summed E-state index contributed by atoms with van der Waals surface area (Å²) in [5.41, 5.74) is 1.53. The lowest BCUT2D eigenvalue weighted by atomic mass is 10.0. The van der Waals surface area contributed by atoms with Gasteiger partial charge in [-0.1, -0.05) is 12.1 Å². The minimum Gasteiger partial charge on any atom is -0.368 e. The molecule has 0 saturated heterocycles. The second kappa shape index (κ2) is 7.10. The van der Waals surface area contributed by atoms with E-state index in [1.807, 2.05) is 38.8 Å². The summed E-state index contributed by atoms with van der Waals surface area (Å²) in [6.07, 6.45) is 0. The fourth-order valence-electron chi connectivity index (χ4n) is 2.12. The molecule has 3 nitrogen and oxygen atoms in total. The number of halogens is 1. The number of para-hydroxylation sites is 1. The third-order valence-corrected chi connectivity index (χ3v) is 3.33. The Morgan fingerprint density at radius 1 is 1.42 bits per heavy atom. The smallest absolute Gasteiger partial charge is 0.146 e. The first kappa shape index (κ1) is 15.5. The summed E-state index contributed by atoms with van der Waals surface area (Å²) in [7, 11) is 1.85. The van der Waals surface area contributed by atoms with E-state index in [1.54, 1.807) is 6.07 Å². The van der Waals surface area contributed by atoms with Crippen LogP contribution in [0.2, 0.25) is 0 Å². The molecule has 1 rings (SSSR count). The number of nitrogens with one attached hydrogen (secondary N) is 1. The topological polar surface area (TPSA) is 39.1 Å². The predicted octanol–water partition coefficient (Wildman–Crippen LogP) is 3.09. The Kier molecular flexibility index (Phi) is 5.78. The molecule has 0 aliphatic carbocycles. The number of rotatable bonds is 6. The standard InChI is InChI=1S/C15H22FN3/c1-5-19(10-11(2)9-17)15-13(12(3)18-4)7-6-8-14(15)16/h6-8,11-12,18H,5,10H2,1-4H3. The molecule has 104 valence electrons. The minimum atomic E-state index is -0.230. The molecular formula is C15H22FN3. The van der Waals surface area contributed by atoms with Gasteiger partial charge < -0.3 is 10.2 Å². The molecule has 1 aromatic rings. The van der Waals surface area contributed by atoms with Crippen LogP contribution in [0, 0.1) is 23.1 Å². The van der Waals surface area contributed by atoms with Crippen LogP contribution < -0.4 is 10.2 Å². The normalized spacial score (nSPS) is 13.7. The number of hydrogen-bond acceptors (Lipinski definition) is 3. The highest BCUT2D eigenvalue weighted by atomic mass is 19.1. The van der Waals surface area contributed by atoms with Crippen molar-refractivity contribution in [3.63, 3.8) is 0 Å². The zero-order valence-corrected chi connectivity index (χ0v) is 12.1. The SMILES string of the molecule is CCN(CC(C)C#N)c1c(F)cccc1C(C)NC. The third kappa shape index (κ3) is 3.68. The molecule has 0 aliphatic heterocycles. The van der Waals surface area contributed by atoms with Crippen molar-refractivity contribution in [1.29, 1.82) is 5.26 Å². The maximum atomic E-state index is 14.2. The van der Waals surface area contributed by atoms with Gasteiger partial charge in [-0.3, -0.25) is 0 Å². The van der Waals surface area contributed by atoms with Crippen LogP contribution in [-0.2, 0) is 0 Å². The van der Waals surface area contributed by atoms with E-state index < -0.39 is 0 Å². The molecular weight excluding hydrogens is 241 g/mol. The Morgan fingerprint density at radius 3 is 2.63 bits per heavy atom. The first-order chi connectivity index (χ1) is 9.04. The molecule has 0 heterocycles. The highest BCUT2D eigenvalue weighted by molar-refractivity contribution is 5.56. The number of anilines is 1. The minimum absolute atomic E-state index is 0.0668. The zero-order chi connectivity index (χ0) is 14.4. The maximum absolute atomic E-state index is 14.2. The summed E-state index contributed by atoms with van der Waals surface area (Å²) < 4.78 is 14.2. The first-order valence-corrected chi connectivity index (χ1v) is 6.65. The van der Waals surface area contributed by atoms with Crippen molar-refractivity contribution in [2.45, 2.75) is 26.8 Å². The lowest BCUT2D eigenvalue weighted by molar-refractivity contribution is 0.588. The van der Waals surface area contributed by atoms with Gasteiger partial charge in [0, 0.05) is 19.1 Å².